The molecular weight excluding hydrogens is 240 g/mol. The minimum Gasteiger partial charge on any atom is -0.396 e. The average Bonchev–Trinajstić information content (AvgIpc) is 3.15. The molecule has 100 valence electrons. The van der Waals surface area contributed by atoms with Crippen molar-refractivity contribution < 1.29 is 9.90 Å². The van der Waals surface area contributed by atoms with Gasteiger partial charge in [-0.1, -0.05) is 18.2 Å². The lowest BCUT2D eigenvalue weighted by molar-refractivity contribution is 0.0936. The fourth-order valence-corrected chi connectivity index (χ4v) is 2.45. The number of rotatable bonds is 4. The molecule has 1 aromatic carbocycles. The standard InChI is InChI=1S/C15H18N2O2/c1-17-8-12(11-4-2-3-5-13(11)17)14(19)16-9-15(10-18)6-7-15/h2-5,8,18H,6-7,9-10H2,1H3,(H,16,19). The second-order valence-electron chi connectivity index (χ2n) is 5.51. The smallest absolute Gasteiger partial charge is 0.253 e. The number of nitrogens with one attached hydrogen (secondary N) is 1. The number of aryl methyl sites for hydroxylation is 1. The summed E-state index contributed by atoms with van der Waals surface area (Å²) in [6, 6.07) is 7.87. The summed E-state index contributed by atoms with van der Waals surface area (Å²) in [7, 11) is 1.94. The van der Waals surface area contributed by atoms with Crippen molar-refractivity contribution in [3.8, 4) is 0 Å². The van der Waals surface area contributed by atoms with Crippen molar-refractivity contribution >= 4 is 16.8 Å². The van der Waals surface area contributed by atoms with Gasteiger partial charge < -0.3 is 15.0 Å². The fraction of sp³-hybridized carbons (Fsp3) is 0.400. The van der Waals surface area contributed by atoms with E-state index >= 15 is 0 Å². The van der Waals surface area contributed by atoms with Gasteiger partial charge in [-0.25, -0.2) is 0 Å². The van der Waals surface area contributed by atoms with Crippen molar-refractivity contribution in [1.29, 1.82) is 0 Å². The Morgan fingerprint density at radius 3 is 2.84 bits per heavy atom. The maximum atomic E-state index is 12.3. The van der Waals surface area contributed by atoms with Crippen LogP contribution in [-0.2, 0) is 7.05 Å². The van der Waals surface area contributed by atoms with Crippen LogP contribution < -0.4 is 5.32 Å². The van der Waals surface area contributed by atoms with Crippen LogP contribution in [0.1, 0.15) is 23.2 Å². The first kappa shape index (κ1) is 12.2. The van der Waals surface area contributed by atoms with Crippen LogP contribution in [0.15, 0.2) is 30.5 Å². The van der Waals surface area contributed by atoms with E-state index in [0.29, 0.717) is 12.1 Å². The molecule has 1 amide bonds. The van der Waals surface area contributed by atoms with Gasteiger partial charge >= 0.3 is 0 Å². The molecule has 0 spiro atoms. The highest BCUT2D eigenvalue weighted by atomic mass is 16.3. The molecule has 19 heavy (non-hydrogen) atoms. The number of fused-ring (bicyclic) bond motifs is 1. The molecule has 1 aromatic heterocycles. The van der Waals surface area contributed by atoms with Crippen molar-refractivity contribution in [2.45, 2.75) is 12.8 Å². The summed E-state index contributed by atoms with van der Waals surface area (Å²) in [6.45, 7) is 0.717. The lowest BCUT2D eigenvalue weighted by Crippen LogP contribution is -2.31. The maximum Gasteiger partial charge on any atom is 0.253 e. The minimum atomic E-state index is -0.0588. The number of para-hydroxylation sites is 1. The van der Waals surface area contributed by atoms with Crippen molar-refractivity contribution in [3.05, 3.63) is 36.0 Å². The van der Waals surface area contributed by atoms with Gasteiger partial charge in [-0.15, -0.1) is 0 Å². The summed E-state index contributed by atoms with van der Waals surface area (Å²) in [5.41, 5.74) is 1.70. The van der Waals surface area contributed by atoms with Gasteiger partial charge in [0.2, 0.25) is 0 Å². The van der Waals surface area contributed by atoms with E-state index in [1.807, 2.05) is 42.1 Å². The number of amides is 1. The van der Waals surface area contributed by atoms with Crippen LogP contribution >= 0.6 is 0 Å². The number of hydrogen-bond donors (Lipinski definition) is 2. The first-order valence-corrected chi connectivity index (χ1v) is 6.58. The van der Waals surface area contributed by atoms with Gasteiger partial charge in [0.05, 0.1) is 12.2 Å². The van der Waals surface area contributed by atoms with E-state index in [2.05, 4.69) is 5.32 Å². The zero-order valence-electron chi connectivity index (χ0n) is 11.0. The van der Waals surface area contributed by atoms with E-state index in [0.717, 1.165) is 23.7 Å². The normalized spacial score (nSPS) is 16.5. The minimum absolute atomic E-state index is 0.0553. The molecular formula is C15H18N2O2. The Morgan fingerprint density at radius 1 is 1.42 bits per heavy atom. The Balaban J connectivity index is 1.82. The molecule has 2 N–H and O–H groups in total. The Hall–Kier alpha value is -1.81. The first-order chi connectivity index (χ1) is 9.15. The van der Waals surface area contributed by atoms with Crippen molar-refractivity contribution in [1.82, 2.24) is 9.88 Å². The maximum absolute atomic E-state index is 12.3. The third-order valence-corrected chi connectivity index (χ3v) is 4.06. The molecule has 4 heteroatoms. The highest BCUT2D eigenvalue weighted by molar-refractivity contribution is 6.06. The van der Waals surface area contributed by atoms with Gasteiger partial charge in [0, 0.05) is 36.1 Å². The quantitative estimate of drug-likeness (QED) is 0.876. The Morgan fingerprint density at radius 2 is 2.16 bits per heavy atom. The molecule has 1 aliphatic rings. The molecule has 1 saturated carbocycles. The fourth-order valence-electron chi connectivity index (χ4n) is 2.45. The van der Waals surface area contributed by atoms with Crippen LogP contribution in [0.3, 0.4) is 0 Å². The number of carbonyl (C=O) groups excluding carboxylic acids is 1. The van der Waals surface area contributed by atoms with Crippen LogP contribution in [0.2, 0.25) is 0 Å². The molecule has 3 rings (SSSR count). The summed E-state index contributed by atoms with van der Waals surface area (Å²) in [5.74, 6) is -0.0588. The summed E-state index contributed by atoms with van der Waals surface area (Å²) < 4.78 is 1.96. The number of aliphatic hydroxyl groups excluding tert-OH is 1. The number of benzene rings is 1. The number of aromatic nitrogens is 1. The first-order valence-electron chi connectivity index (χ1n) is 6.58. The summed E-state index contributed by atoms with van der Waals surface area (Å²) >= 11 is 0. The Kier molecular flexibility index (Phi) is 2.82. The van der Waals surface area contributed by atoms with Gasteiger partial charge in [0.15, 0.2) is 0 Å². The Labute approximate surface area is 112 Å². The SMILES string of the molecule is Cn1cc(C(=O)NCC2(CO)CC2)c2ccccc21. The molecule has 0 bridgehead atoms. The molecule has 2 aromatic rings. The third-order valence-electron chi connectivity index (χ3n) is 4.06. The van der Waals surface area contributed by atoms with Crippen molar-refractivity contribution in [2.24, 2.45) is 12.5 Å². The summed E-state index contributed by atoms with van der Waals surface area (Å²) in [5, 5.41) is 13.2. The predicted octanol–water partition coefficient (Wildman–Crippen LogP) is 1.68. The summed E-state index contributed by atoms with van der Waals surface area (Å²) in [4.78, 5) is 12.3. The topological polar surface area (TPSA) is 54.3 Å². The predicted molar refractivity (Wildman–Crippen MR) is 74.0 cm³/mol. The van der Waals surface area contributed by atoms with Crippen LogP contribution in [0.4, 0.5) is 0 Å². The molecule has 0 aliphatic heterocycles. The second-order valence-corrected chi connectivity index (χ2v) is 5.51. The van der Waals surface area contributed by atoms with E-state index in [9.17, 15) is 9.90 Å². The number of carbonyl (C=O) groups is 1. The Bertz CT molecular complexity index is 626. The summed E-state index contributed by atoms with van der Waals surface area (Å²) in [6.07, 6.45) is 3.86. The van der Waals surface area contributed by atoms with Crippen LogP contribution in [-0.4, -0.2) is 28.7 Å². The van der Waals surface area contributed by atoms with Gasteiger partial charge in [0.1, 0.15) is 0 Å². The van der Waals surface area contributed by atoms with Gasteiger partial charge in [-0.2, -0.15) is 0 Å². The van der Waals surface area contributed by atoms with Crippen LogP contribution in [0, 0.1) is 5.41 Å². The van der Waals surface area contributed by atoms with Crippen LogP contribution in [0.5, 0.6) is 0 Å². The molecule has 1 aliphatic carbocycles. The zero-order chi connectivity index (χ0) is 13.5. The highest BCUT2D eigenvalue weighted by Gasteiger charge is 2.42. The molecule has 4 nitrogen and oxygen atoms in total. The number of hydrogen-bond acceptors (Lipinski definition) is 2. The number of aliphatic hydroxyl groups is 1. The monoisotopic (exact) mass is 258 g/mol. The van der Waals surface area contributed by atoms with Crippen molar-refractivity contribution in [2.75, 3.05) is 13.2 Å². The van der Waals surface area contributed by atoms with Crippen LogP contribution in [0.25, 0.3) is 10.9 Å². The molecule has 0 saturated heterocycles. The average molecular weight is 258 g/mol. The highest BCUT2D eigenvalue weighted by Crippen LogP contribution is 2.44. The lowest BCUT2D eigenvalue weighted by Gasteiger charge is -2.12. The molecule has 0 unspecified atom stereocenters. The van der Waals surface area contributed by atoms with Gasteiger partial charge in [0.25, 0.3) is 5.91 Å². The van der Waals surface area contributed by atoms with E-state index in [4.69, 9.17) is 0 Å². The molecule has 1 heterocycles. The van der Waals surface area contributed by atoms with Crippen molar-refractivity contribution in [3.63, 3.8) is 0 Å². The third kappa shape index (κ3) is 2.12. The lowest BCUT2D eigenvalue weighted by atomic mass is 10.1. The second kappa shape index (κ2) is 4.38. The van der Waals surface area contributed by atoms with E-state index in [-0.39, 0.29) is 17.9 Å². The zero-order valence-corrected chi connectivity index (χ0v) is 11.0. The van der Waals surface area contributed by atoms with E-state index in [1.54, 1.807) is 0 Å². The molecule has 0 atom stereocenters. The molecule has 0 radical (unpaired) electrons. The largest absolute Gasteiger partial charge is 0.396 e. The van der Waals surface area contributed by atoms with E-state index in [1.165, 1.54) is 0 Å². The number of nitrogens with zero attached hydrogens (tertiary/aromatic N) is 1. The van der Waals surface area contributed by atoms with Gasteiger partial charge in [-0.3, -0.25) is 4.79 Å². The molecule has 1 fully saturated rings. The van der Waals surface area contributed by atoms with Gasteiger partial charge in [-0.05, 0) is 18.9 Å². The van der Waals surface area contributed by atoms with E-state index < -0.39 is 0 Å².